The third kappa shape index (κ3) is 5.37. The molecule has 0 aliphatic carbocycles. The lowest BCUT2D eigenvalue weighted by Crippen LogP contribution is -2.35. The molecule has 1 unspecified atom stereocenters. The fourth-order valence-corrected chi connectivity index (χ4v) is 5.23. The molecule has 180 valence electrons. The number of carbonyl (C=O) groups excluding carboxylic acids is 1. The van der Waals surface area contributed by atoms with E-state index in [1.54, 1.807) is 30.7 Å². The molecule has 5 heterocycles. The lowest BCUT2D eigenvalue weighted by atomic mass is 9.94. The Morgan fingerprint density at radius 2 is 2.00 bits per heavy atom. The first-order chi connectivity index (χ1) is 16.7. The molecule has 0 saturated carbocycles. The Hall–Kier alpha value is -2.63. The third-order valence-corrected chi connectivity index (χ3v) is 7.10. The molecule has 0 radical (unpaired) electrons. The summed E-state index contributed by atoms with van der Waals surface area (Å²) >= 11 is 1.24. The largest absolute Gasteiger partial charge is 0.463 e. The number of hydrogen-bond acceptors (Lipinski definition) is 10. The molecule has 3 aromatic rings. The van der Waals surface area contributed by atoms with Gasteiger partial charge in [0.05, 0.1) is 25.2 Å². The lowest BCUT2D eigenvalue weighted by molar-refractivity contribution is 0.0336. The maximum absolute atomic E-state index is 13.3. The number of aromatic nitrogens is 2. The van der Waals surface area contributed by atoms with Crippen LogP contribution in [0.1, 0.15) is 40.0 Å². The van der Waals surface area contributed by atoms with Crippen molar-refractivity contribution >= 4 is 22.3 Å². The van der Waals surface area contributed by atoms with Gasteiger partial charge in [0.1, 0.15) is 10.6 Å². The van der Waals surface area contributed by atoms with E-state index < -0.39 is 6.23 Å². The highest BCUT2D eigenvalue weighted by Gasteiger charge is 2.29. The minimum Gasteiger partial charge on any atom is -0.463 e. The van der Waals surface area contributed by atoms with Crippen molar-refractivity contribution in [3.05, 3.63) is 52.9 Å². The van der Waals surface area contributed by atoms with Crippen LogP contribution in [0.5, 0.6) is 0 Å². The molecule has 0 spiro atoms. The van der Waals surface area contributed by atoms with Crippen molar-refractivity contribution in [2.24, 2.45) is 5.92 Å². The van der Waals surface area contributed by atoms with Crippen molar-refractivity contribution in [1.82, 2.24) is 14.9 Å². The molecule has 0 amide bonds. The topological polar surface area (TPSA) is 110 Å². The van der Waals surface area contributed by atoms with Crippen LogP contribution in [0.25, 0.3) is 11.5 Å². The Balaban J connectivity index is 1.33. The van der Waals surface area contributed by atoms with Gasteiger partial charge in [0.2, 0.25) is 0 Å². The monoisotopic (exact) mass is 484 g/mol. The quantitative estimate of drug-likeness (QED) is 0.367. The summed E-state index contributed by atoms with van der Waals surface area (Å²) in [6, 6.07) is 7.22. The molecular formula is C24H28N4O5S. The summed E-state index contributed by atoms with van der Waals surface area (Å²) in [6.45, 7) is 5.06. The molecule has 2 aliphatic rings. The number of thiazole rings is 1. The summed E-state index contributed by atoms with van der Waals surface area (Å²) in [6.07, 6.45) is 3.66. The van der Waals surface area contributed by atoms with Gasteiger partial charge in [-0.1, -0.05) is 11.3 Å². The summed E-state index contributed by atoms with van der Waals surface area (Å²) < 4.78 is 16.4. The van der Waals surface area contributed by atoms with Crippen LogP contribution in [-0.2, 0) is 16.0 Å². The summed E-state index contributed by atoms with van der Waals surface area (Å²) in [5.74, 6) is 0.487. The van der Waals surface area contributed by atoms with Gasteiger partial charge in [0.15, 0.2) is 22.9 Å². The van der Waals surface area contributed by atoms with Crippen molar-refractivity contribution in [3.63, 3.8) is 0 Å². The van der Waals surface area contributed by atoms with Crippen LogP contribution in [0.2, 0.25) is 0 Å². The number of ether oxygens (including phenoxy) is 2. The fourth-order valence-electron chi connectivity index (χ4n) is 4.22. The standard InChI is InChI=1S/C24H28N4O5S/c29-21(16-4-10-31-11-5-16)22-20(19-2-1-9-33-19)26-24(34-22)27-23(30)17-3-6-25-18(14-17)15-28-7-12-32-13-8-28/h1-3,6,9,14,16,23,30H,4-5,7-8,10-13,15H2,(H,26,27). The molecule has 34 heavy (non-hydrogen) atoms. The highest BCUT2D eigenvalue weighted by molar-refractivity contribution is 7.18. The predicted molar refractivity (Wildman–Crippen MR) is 127 cm³/mol. The Kier molecular flexibility index (Phi) is 7.31. The van der Waals surface area contributed by atoms with E-state index in [9.17, 15) is 9.90 Å². The number of rotatable bonds is 8. The molecule has 3 aromatic heterocycles. The number of pyridine rings is 1. The number of ketones is 1. The van der Waals surface area contributed by atoms with Crippen molar-refractivity contribution in [2.45, 2.75) is 25.6 Å². The number of Topliss-reactive ketones (excluding diaryl/α,β-unsaturated/α-hetero) is 1. The lowest BCUT2D eigenvalue weighted by Gasteiger charge is -2.26. The molecule has 9 nitrogen and oxygen atoms in total. The molecule has 10 heteroatoms. The number of aliphatic hydroxyl groups is 1. The van der Waals surface area contributed by atoms with Gasteiger partial charge in [0, 0.05) is 50.5 Å². The van der Waals surface area contributed by atoms with E-state index >= 15 is 0 Å². The van der Waals surface area contributed by atoms with Gasteiger partial charge in [-0.2, -0.15) is 0 Å². The highest BCUT2D eigenvalue weighted by Crippen LogP contribution is 2.36. The summed E-state index contributed by atoms with van der Waals surface area (Å²) in [5.41, 5.74) is 2.07. The Bertz CT molecular complexity index is 1090. The molecular weight excluding hydrogens is 456 g/mol. The van der Waals surface area contributed by atoms with Gasteiger partial charge in [0.25, 0.3) is 0 Å². The van der Waals surface area contributed by atoms with E-state index in [2.05, 4.69) is 20.2 Å². The van der Waals surface area contributed by atoms with Crippen molar-refractivity contribution in [3.8, 4) is 11.5 Å². The SMILES string of the molecule is O=C(c1sc(NC(O)c2ccnc(CN3CCOCC3)c2)nc1-c1ccco1)C1CCOCC1. The van der Waals surface area contributed by atoms with E-state index in [-0.39, 0.29) is 11.7 Å². The van der Waals surface area contributed by atoms with E-state index in [1.165, 1.54) is 11.3 Å². The van der Waals surface area contributed by atoms with Crippen LogP contribution in [-0.4, -0.2) is 65.3 Å². The van der Waals surface area contributed by atoms with Gasteiger partial charge in [-0.05, 0) is 37.1 Å². The van der Waals surface area contributed by atoms with Gasteiger partial charge in [-0.15, -0.1) is 0 Å². The van der Waals surface area contributed by atoms with Crippen molar-refractivity contribution in [1.29, 1.82) is 0 Å². The number of morpholine rings is 1. The van der Waals surface area contributed by atoms with Crippen LogP contribution < -0.4 is 5.32 Å². The maximum Gasteiger partial charge on any atom is 0.186 e. The highest BCUT2D eigenvalue weighted by atomic mass is 32.1. The summed E-state index contributed by atoms with van der Waals surface area (Å²) in [7, 11) is 0. The zero-order chi connectivity index (χ0) is 23.3. The van der Waals surface area contributed by atoms with Crippen LogP contribution in [0.3, 0.4) is 0 Å². The number of anilines is 1. The van der Waals surface area contributed by atoms with Gasteiger partial charge < -0.3 is 24.3 Å². The molecule has 2 aliphatic heterocycles. The third-order valence-electron chi connectivity index (χ3n) is 6.10. The van der Waals surface area contributed by atoms with Gasteiger partial charge in [-0.25, -0.2) is 4.98 Å². The number of aliphatic hydroxyl groups excluding tert-OH is 1. The molecule has 0 aromatic carbocycles. The van der Waals surface area contributed by atoms with E-state index in [4.69, 9.17) is 13.9 Å². The zero-order valence-electron chi connectivity index (χ0n) is 18.8. The predicted octanol–water partition coefficient (Wildman–Crippen LogP) is 3.34. The van der Waals surface area contributed by atoms with E-state index in [0.29, 0.717) is 59.6 Å². The molecule has 0 bridgehead atoms. The molecule has 2 N–H and O–H groups in total. The molecule has 2 fully saturated rings. The minimum atomic E-state index is -0.993. The molecule has 1 atom stereocenters. The second-order valence-electron chi connectivity index (χ2n) is 8.44. The van der Waals surface area contributed by atoms with Crippen LogP contribution in [0, 0.1) is 5.92 Å². The number of nitrogens with zero attached hydrogens (tertiary/aromatic N) is 3. The molecule has 2 saturated heterocycles. The maximum atomic E-state index is 13.3. The summed E-state index contributed by atoms with van der Waals surface area (Å²) in [4.78, 5) is 25.2. The number of hydrogen-bond donors (Lipinski definition) is 2. The Morgan fingerprint density at radius 1 is 1.21 bits per heavy atom. The first-order valence-electron chi connectivity index (χ1n) is 11.5. The smallest absolute Gasteiger partial charge is 0.186 e. The van der Waals surface area contributed by atoms with Gasteiger partial charge in [-0.3, -0.25) is 14.7 Å². The second kappa shape index (κ2) is 10.7. The van der Waals surface area contributed by atoms with Gasteiger partial charge >= 0.3 is 0 Å². The van der Waals surface area contributed by atoms with Crippen LogP contribution in [0.4, 0.5) is 5.13 Å². The normalized spacial score (nSPS) is 18.6. The van der Waals surface area contributed by atoms with Crippen LogP contribution >= 0.6 is 11.3 Å². The average Bonchev–Trinajstić information content (AvgIpc) is 3.55. The summed E-state index contributed by atoms with van der Waals surface area (Å²) in [5, 5.41) is 14.4. The first-order valence-corrected chi connectivity index (χ1v) is 12.4. The fraction of sp³-hybridized carbons (Fsp3) is 0.458. The molecule has 5 rings (SSSR count). The van der Waals surface area contributed by atoms with Crippen molar-refractivity contribution < 1.29 is 23.8 Å². The Labute approximate surface area is 201 Å². The number of furan rings is 1. The minimum absolute atomic E-state index is 0.0476. The van der Waals surface area contributed by atoms with E-state index in [1.807, 2.05) is 6.07 Å². The Morgan fingerprint density at radius 3 is 2.76 bits per heavy atom. The average molecular weight is 485 g/mol. The zero-order valence-corrected chi connectivity index (χ0v) is 19.6. The number of carbonyl (C=O) groups is 1. The van der Waals surface area contributed by atoms with Crippen LogP contribution in [0.15, 0.2) is 41.1 Å². The second-order valence-corrected chi connectivity index (χ2v) is 9.44. The van der Waals surface area contributed by atoms with Crippen molar-refractivity contribution in [2.75, 3.05) is 44.8 Å². The first kappa shape index (κ1) is 23.1. The van der Waals surface area contributed by atoms with E-state index in [0.717, 1.165) is 32.0 Å². The number of nitrogens with one attached hydrogen (secondary N) is 1.